The van der Waals surface area contributed by atoms with E-state index < -0.39 is 34.1 Å². The number of nitrogens with zero attached hydrogens (tertiary/aromatic N) is 2. The minimum Gasteiger partial charge on any atom is -0.350 e. The Labute approximate surface area is 243 Å². The quantitative estimate of drug-likeness (QED) is 0.318. The third kappa shape index (κ3) is 8.08. The van der Waals surface area contributed by atoms with Crippen LogP contribution in [0.25, 0.3) is 0 Å². The van der Waals surface area contributed by atoms with Crippen molar-refractivity contribution >= 4 is 39.1 Å². The number of anilines is 1. The molecular formula is C31H38ClN3O4S. The Kier molecular flexibility index (Phi) is 10.4. The van der Waals surface area contributed by atoms with Crippen molar-refractivity contribution in [1.29, 1.82) is 0 Å². The topological polar surface area (TPSA) is 86.8 Å². The van der Waals surface area contributed by atoms with Gasteiger partial charge in [-0.05, 0) is 82.0 Å². The molecule has 0 aliphatic rings. The van der Waals surface area contributed by atoms with Gasteiger partial charge in [0.25, 0.3) is 10.0 Å². The number of sulfonamides is 1. The van der Waals surface area contributed by atoms with Gasteiger partial charge in [-0.25, -0.2) is 8.42 Å². The van der Waals surface area contributed by atoms with Gasteiger partial charge in [0, 0.05) is 17.1 Å². The lowest BCUT2D eigenvalue weighted by molar-refractivity contribution is -0.140. The molecule has 0 aliphatic carbocycles. The number of benzene rings is 3. The molecule has 1 atom stereocenters. The van der Waals surface area contributed by atoms with Crippen molar-refractivity contribution in [1.82, 2.24) is 10.2 Å². The third-order valence-electron chi connectivity index (χ3n) is 6.41. The van der Waals surface area contributed by atoms with Gasteiger partial charge in [0.2, 0.25) is 11.8 Å². The van der Waals surface area contributed by atoms with E-state index in [1.165, 1.54) is 17.0 Å². The first-order chi connectivity index (χ1) is 18.8. The fourth-order valence-electron chi connectivity index (χ4n) is 4.48. The number of carbonyl (C=O) groups is 2. The number of nitrogens with one attached hydrogen (secondary N) is 1. The molecule has 0 saturated carbocycles. The summed E-state index contributed by atoms with van der Waals surface area (Å²) in [7, 11) is -4.12. The van der Waals surface area contributed by atoms with Gasteiger partial charge in [-0.15, -0.1) is 0 Å². The van der Waals surface area contributed by atoms with Crippen LogP contribution in [0.1, 0.15) is 45.2 Å². The lowest BCUT2D eigenvalue weighted by atomic mass is 10.1. The SMILES string of the molecule is CC[C@@H](C(=O)NC(C)(C)C)N(CCc1ccccc1)C(=O)CN(c1ccc(Cl)cc1C)S(=O)(=O)c1ccccc1. The Morgan fingerprint density at radius 2 is 1.55 bits per heavy atom. The largest absolute Gasteiger partial charge is 0.350 e. The average molecular weight is 584 g/mol. The van der Waals surface area contributed by atoms with E-state index in [1.807, 2.05) is 58.0 Å². The van der Waals surface area contributed by atoms with Crippen molar-refractivity contribution in [3.05, 3.63) is 95.0 Å². The summed E-state index contributed by atoms with van der Waals surface area (Å²) in [5, 5.41) is 3.44. The summed E-state index contributed by atoms with van der Waals surface area (Å²) in [6.45, 7) is 9.00. The van der Waals surface area contributed by atoms with Gasteiger partial charge in [0.15, 0.2) is 0 Å². The summed E-state index contributed by atoms with van der Waals surface area (Å²) in [5.74, 6) is -0.753. The molecule has 3 rings (SSSR count). The van der Waals surface area contributed by atoms with E-state index in [0.29, 0.717) is 29.1 Å². The number of hydrogen-bond acceptors (Lipinski definition) is 4. The highest BCUT2D eigenvalue weighted by atomic mass is 35.5. The third-order valence-corrected chi connectivity index (χ3v) is 8.41. The molecule has 2 amide bonds. The normalized spacial score (nSPS) is 12.4. The van der Waals surface area contributed by atoms with E-state index in [9.17, 15) is 18.0 Å². The molecule has 1 N–H and O–H groups in total. The van der Waals surface area contributed by atoms with Gasteiger partial charge in [-0.1, -0.05) is 67.1 Å². The van der Waals surface area contributed by atoms with E-state index in [2.05, 4.69) is 5.32 Å². The number of rotatable bonds is 11. The van der Waals surface area contributed by atoms with Crippen LogP contribution in [0, 0.1) is 6.92 Å². The molecule has 0 saturated heterocycles. The van der Waals surface area contributed by atoms with Crippen molar-refractivity contribution in [2.24, 2.45) is 0 Å². The van der Waals surface area contributed by atoms with E-state index in [-0.39, 0.29) is 17.3 Å². The van der Waals surface area contributed by atoms with Crippen LogP contribution in [0.2, 0.25) is 5.02 Å². The molecular weight excluding hydrogens is 546 g/mol. The molecule has 0 bridgehead atoms. The van der Waals surface area contributed by atoms with Crippen LogP contribution in [0.3, 0.4) is 0 Å². The number of amides is 2. The summed E-state index contributed by atoms with van der Waals surface area (Å²) in [6, 6.07) is 21.8. The summed E-state index contributed by atoms with van der Waals surface area (Å²) in [6.07, 6.45) is 0.880. The van der Waals surface area contributed by atoms with Crippen molar-refractivity contribution in [3.63, 3.8) is 0 Å². The first-order valence-electron chi connectivity index (χ1n) is 13.3. The van der Waals surface area contributed by atoms with Crippen molar-refractivity contribution in [3.8, 4) is 0 Å². The Morgan fingerprint density at radius 1 is 0.950 bits per heavy atom. The highest BCUT2D eigenvalue weighted by molar-refractivity contribution is 7.92. The Bertz CT molecular complexity index is 1410. The lowest BCUT2D eigenvalue weighted by Crippen LogP contribution is -2.56. The summed E-state index contributed by atoms with van der Waals surface area (Å²) in [4.78, 5) is 29.0. The van der Waals surface area contributed by atoms with Gasteiger partial charge >= 0.3 is 0 Å². The molecule has 7 nitrogen and oxygen atoms in total. The molecule has 0 aromatic heterocycles. The van der Waals surface area contributed by atoms with Gasteiger partial charge in [-0.3, -0.25) is 13.9 Å². The first-order valence-corrected chi connectivity index (χ1v) is 15.1. The molecule has 0 spiro atoms. The fourth-order valence-corrected chi connectivity index (χ4v) is 6.21. The molecule has 0 heterocycles. The monoisotopic (exact) mass is 583 g/mol. The Morgan fingerprint density at radius 3 is 2.10 bits per heavy atom. The molecule has 9 heteroatoms. The lowest BCUT2D eigenvalue weighted by Gasteiger charge is -2.35. The van der Waals surface area contributed by atoms with Gasteiger partial charge < -0.3 is 10.2 Å². The second-order valence-electron chi connectivity index (χ2n) is 10.7. The van der Waals surface area contributed by atoms with Crippen LogP contribution >= 0.6 is 11.6 Å². The minimum atomic E-state index is -4.12. The zero-order chi connectivity index (χ0) is 29.5. The van der Waals surface area contributed by atoms with Gasteiger partial charge in [0.05, 0.1) is 10.6 Å². The van der Waals surface area contributed by atoms with Crippen molar-refractivity contribution in [2.75, 3.05) is 17.4 Å². The molecule has 0 fully saturated rings. The Balaban J connectivity index is 2.04. The zero-order valence-electron chi connectivity index (χ0n) is 23.7. The second-order valence-corrected chi connectivity index (χ2v) is 13.0. The van der Waals surface area contributed by atoms with Gasteiger partial charge in [0.1, 0.15) is 12.6 Å². The van der Waals surface area contributed by atoms with Crippen LogP contribution in [-0.4, -0.2) is 49.8 Å². The average Bonchev–Trinajstić information content (AvgIpc) is 2.90. The predicted octanol–water partition coefficient (Wildman–Crippen LogP) is 5.61. The molecule has 3 aromatic rings. The van der Waals surface area contributed by atoms with E-state index in [1.54, 1.807) is 43.3 Å². The molecule has 0 unspecified atom stereocenters. The number of halogens is 1. The van der Waals surface area contributed by atoms with E-state index >= 15 is 0 Å². The van der Waals surface area contributed by atoms with E-state index in [0.717, 1.165) is 9.87 Å². The molecule has 40 heavy (non-hydrogen) atoms. The standard InChI is InChI=1S/C31H38ClN3O4S/c1-6-27(30(37)33-31(3,4)5)34(20-19-24-13-9-7-10-14-24)29(36)22-35(28-18-17-25(32)21-23(28)2)40(38,39)26-15-11-8-12-16-26/h7-18,21,27H,6,19-20,22H2,1-5H3,(H,33,37)/t27-/m0/s1. The maximum atomic E-state index is 14.1. The van der Waals surface area contributed by atoms with Gasteiger partial charge in [-0.2, -0.15) is 0 Å². The predicted molar refractivity (Wildman–Crippen MR) is 161 cm³/mol. The maximum absolute atomic E-state index is 14.1. The second kappa shape index (κ2) is 13.3. The summed E-state index contributed by atoms with van der Waals surface area (Å²) in [5.41, 5.74) is 1.46. The van der Waals surface area contributed by atoms with Crippen molar-refractivity contribution < 1.29 is 18.0 Å². The highest BCUT2D eigenvalue weighted by Gasteiger charge is 2.34. The van der Waals surface area contributed by atoms with Crippen LogP contribution in [0.4, 0.5) is 5.69 Å². The van der Waals surface area contributed by atoms with Crippen LogP contribution in [0.15, 0.2) is 83.8 Å². The fraction of sp³-hybridized carbons (Fsp3) is 0.355. The smallest absolute Gasteiger partial charge is 0.264 e. The summed E-state index contributed by atoms with van der Waals surface area (Å²) < 4.78 is 28.9. The minimum absolute atomic E-state index is 0.0607. The molecule has 3 aromatic carbocycles. The van der Waals surface area contributed by atoms with Crippen LogP contribution in [-0.2, 0) is 26.0 Å². The van der Waals surface area contributed by atoms with E-state index in [4.69, 9.17) is 11.6 Å². The number of carbonyl (C=O) groups excluding carboxylic acids is 2. The Hall–Kier alpha value is -3.36. The van der Waals surface area contributed by atoms with Crippen LogP contribution < -0.4 is 9.62 Å². The molecule has 0 radical (unpaired) electrons. The first kappa shape index (κ1) is 31.2. The molecule has 214 valence electrons. The molecule has 0 aliphatic heterocycles. The maximum Gasteiger partial charge on any atom is 0.264 e. The highest BCUT2D eigenvalue weighted by Crippen LogP contribution is 2.29. The summed E-state index contributed by atoms with van der Waals surface area (Å²) >= 11 is 6.17. The van der Waals surface area contributed by atoms with Crippen LogP contribution in [0.5, 0.6) is 0 Å². The number of hydrogen-bond donors (Lipinski definition) is 1. The number of aryl methyl sites for hydroxylation is 1. The zero-order valence-corrected chi connectivity index (χ0v) is 25.3. The van der Waals surface area contributed by atoms with Crippen molar-refractivity contribution in [2.45, 2.75) is 63.9 Å².